The van der Waals surface area contributed by atoms with Crippen molar-refractivity contribution in [2.24, 2.45) is 11.8 Å². The maximum atomic E-state index is 13.1. The smallest absolute Gasteiger partial charge is 0.462 e. The summed E-state index contributed by atoms with van der Waals surface area (Å²) in [6, 6.07) is 0. The summed E-state index contributed by atoms with van der Waals surface area (Å²) in [6.45, 7) is 9.62. The molecule has 0 aliphatic heterocycles. The lowest BCUT2D eigenvalue weighted by Crippen LogP contribution is -2.30. The van der Waals surface area contributed by atoms with Gasteiger partial charge < -0.3 is 33.8 Å². The number of phosphoric ester groups is 2. The van der Waals surface area contributed by atoms with Crippen molar-refractivity contribution >= 4 is 39.5 Å². The number of carbonyl (C=O) groups is 4. The molecule has 0 aromatic heterocycles. The number of aliphatic hydroxyl groups excluding tert-OH is 1. The molecule has 0 saturated heterocycles. The van der Waals surface area contributed by atoms with Crippen molar-refractivity contribution in [2.45, 2.75) is 413 Å². The van der Waals surface area contributed by atoms with Gasteiger partial charge in [-0.05, 0) is 37.5 Å². The van der Waals surface area contributed by atoms with E-state index < -0.39 is 97.5 Å². The number of hydrogen-bond acceptors (Lipinski definition) is 15. The summed E-state index contributed by atoms with van der Waals surface area (Å²) in [5.41, 5.74) is 0. The average molecular weight is 1400 g/mol. The second kappa shape index (κ2) is 67.9. The van der Waals surface area contributed by atoms with Crippen LogP contribution in [0, 0.1) is 11.8 Å². The van der Waals surface area contributed by atoms with E-state index in [4.69, 9.17) is 37.0 Å². The maximum Gasteiger partial charge on any atom is 0.472 e. The van der Waals surface area contributed by atoms with Gasteiger partial charge in [0.15, 0.2) is 12.2 Å². The summed E-state index contributed by atoms with van der Waals surface area (Å²) in [5.74, 6) is -0.537. The van der Waals surface area contributed by atoms with E-state index >= 15 is 0 Å². The van der Waals surface area contributed by atoms with Gasteiger partial charge in [0.05, 0.1) is 26.4 Å². The highest BCUT2D eigenvalue weighted by molar-refractivity contribution is 7.47. The molecule has 0 radical (unpaired) electrons. The number of phosphoric acid groups is 2. The minimum absolute atomic E-state index is 0.105. The van der Waals surface area contributed by atoms with Crippen LogP contribution in [-0.4, -0.2) is 96.7 Å². The number of rotatable bonds is 75. The number of hydrogen-bond donors (Lipinski definition) is 3. The Morgan fingerprint density at radius 2 is 0.505 bits per heavy atom. The van der Waals surface area contributed by atoms with Gasteiger partial charge in [-0.2, -0.15) is 0 Å². The van der Waals surface area contributed by atoms with Crippen LogP contribution in [-0.2, 0) is 65.4 Å². The zero-order valence-electron chi connectivity index (χ0n) is 62.0. The van der Waals surface area contributed by atoms with Crippen molar-refractivity contribution in [1.82, 2.24) is 0 Å². The van der Waals surface area contributed by atoms with Crippen molar-refractivity contribution in [3.05, 3.63) is 0 Å². The number of unbranched alkanes of at least 4 members (excludes halogenated alkanes) is 43. The van der Waals surface area contributed by atoms with Gasteiger partial charge in [0, 0.05) is 25.7 Å². The van der Waals surface area contributed by atoms with Crippen molar-refractivity contribution in [2.75, 3.05) is 39.6 Å². The zero-order chi connectivity index (χ0) is 70.0. The van der Waals surface area contributed by atoms with Crippen LogP contribution in [0.15, 0.2) is 0 Å². The summed E-state index contributed by atoms with van der Waals surface area (Å²) in [5, 5.41) is 10.6. The summed E-state index contributed by atoms with van der Waals surface area (Å²) in [7, 11) is -9.91. The van der Waals surface area contributed by atoms with E-state index in [0.29, 0.717) is 25.7 Å². The van der Waals surface area contributed by atoms with E-state index in [1.807, 2.05) is 0 Å². The van der Waals surface area contributed by atoms with Gasteiger partial charge in [-0.25, -0.2) is 9.13 Å². The second-order valence-electron chi connectivity index (χ2n) is 27.9. The molecule has 4 unspecified atom stereocenters. The zero-order valence-corrected chi connectivity index (χ0v) is 63.8. The van der Waals surface area contributed by atoms with Crippen LogP contribution in [0.1, 0.15) is 395 Å². The van der Waals surface area contributed by atoms with E-state index in [2.05, 4.69) is 41.5 Å². The van der Waals surface area contributed by atoms with E-state index in [1.165, 1.54) is 212 Å². The second-order valence-corrected chi connectivity index (χ2v) is 30.8. The molecule has 0 heterocycles. The van der Waals surface area contributed by atoms with E-state index in [0.717, 1.165) is 102 Å². The van der Waals surface area contributed by atoms with Crippen LogP contribution in [0.25, 0.3) is 0 Å². The van der Waals surface area contributed by atoms with Gasteiger partial charge in [-0.15, -0.1) is 0 Å². The third kappa shape index (κ3) is 67.6. The molecular weight excluding hydrogens is 1250 g/mol. The summed E-state index contributed by atoms with van der Waals surface area (Å²) >= 11 is 0. The lowest BCUT2D eigenvalue weighted by molar-refractivity contribution is -0.161. The molecule has 0 amide bonds. The molecule has 3 N–H and O–H groups in total. The van der Waals surface area contributed by atoms with Gasteiger partial charge in [0.1, 0.15) is 19.3 Å². The molecule has 95 heavy (non-hydrogen) atoms. The number of esters is 4. The first kappa shape index (κ1) is 93.1. The molecular formula is C76H148O17P2. The Morgan fingerprint density at radius 3 is 0.747 bits per heavy atom. The van der Waals surface area contributed by atoms with E-state index in [1.54, 1.807) is 0 Å². The highest BCUT2D eigenvalue weighted by Gasteiger charge is 2.30. The van der Waals surface area contributed by atoms with E-state index in [9.17, 15) is 43.2 Å². The fourth-order valence-electron chi connectivity index (χ4n) is 11.6. The lowest BCUT2D eigenvalue weighted by atomic mass is 9.99. The van der Waals surface area contributed by atoms with Gasteiger partial charge >= 0.3 is 39.5 Å². The van der Waals surface area contributed by atoms with Crippen molar-refractivity contribution < 1.29 is 80.2 Å². The third-order valence-electron chi connectivity index (χ3n) is 18.4. The summed E-state index contributed by atoms with van der Waals surface area (Å²) < 4.78 is 68.5. The molecule has 0 aliphatic carbocycles. The SMILES string of the molecule is CCCCCCCCCCCCCCCCCCCCC(=O)O[C@H](COC(=O)CCCCCCCCCCCCC(C)CC)COP(=O)(O)OC[C@@H](O)COP(=O)(O)OC[C@@H](COC(=O)CCCCCCCCCCCCC)OC(=O)CCCCCCCCCCC(C)CC. The monoisotopic (exact) mass is 1400 g/mol. The number of ether oxygens (including phenoxy) is 4. The van der Waals surface area contributed by atoms with Crippen molar-refractivity contribution in [1.29, 1.82) is 0 Å². The van der Waals surface area contributed by atoms with Crippen LogP contribution >= 0.6 is 15.6 Å². The predicted molar refractivity (Wildman–Crippen MR) is 386 cm³/mol. The first-order valence-corrected chi connectivity index (χ1v) is 42.6. The molecule has 0 aromatic carbocycles. The standard InChI is InChI=1S/C76H148O17P2/c1-7-11-13-15-17-19-21-22-23-24-25-26-27-29-35-42-48-54-60-75(80)92-71(64-87-74(79)59-53-47-41-34-31-30-32-38-44-50-56-68(5)9-3)66-90-94(82,83)88-62-70(77)63-89-95(84,85)91-67-72(65-86-73(78)58-52-46-40-33-28-20-18-16-14-12-8-2)93-76(81)61-55-49-43-37-36-39-45-51-57-69(6)10-4/h68-72,77H,7-67H2,1-6H3,(H,82,83)(H,84,85)/t68?,69?,70-,71-,72-/m1/s1. The number of aliphatic hydroxyl groups is 1. The molecule has 0 fully saturated rings. The molecule has 19 heteroatoms. The summed E-state index contributed by atoms with van der Waals surface area (Å²) in [4.78, 5) is 72.8. The summed E-state index contributed by atoms with van der Waals surface area (Å²) in [6.07, 6.45) is 55.3. The molecule has 17 nitrogen and oxygen atoms in total. The fraction of sp³-hybridized carbons (Fsp3) is 0.947. The lowest BCUT2D eigenvalue weighted by Gasteiger charge is -2.21. The molecule has 0 bridgehead atoms. The third-order valence-corrected chi connectivity index (χ3v) is 20.3. The first-order valence-electron chi connectivity index (χ1n) is 39.6. The van der Waals surface area contributed by atoms with Gasteiger partial charge in [0.25, 0.3) is 0 Å². The first-order chi connectivity index (χ1) is 45.9. The highest BCUT2D eigenvalue weighted by Crippen LogP contribution is 2.45. The van der Waals surface area contributed by atoms with Gasteiger partial charge in [-0.1, -0.05) is 343 Å². The molecule has 0 rings (SSSR count). The molecule has 0 saturated carbocycles. The van der Waals surface area contributed by atoms with Crippen LogP contribution in [0.5, 0.6) is 0 Å². The van der Waals surface area contributed by atoms with Crippen LogP contribution in [0.2, 0.25) is 0 Å². The van der Waals surface area contributed by atoms with Crippen LogP contribution in [0.3, 0.4) is 0 Å². The molecule has 564 valence electrons. The highest BCUT2D eigenvalue weighted by atomic mass is 31.2. The Bertz CT molecular complexity index is 1840. The Labute approximate surface area is 581 Å². The van der Waals surface area contributed by atoms with Crippen LogP contribution in [0.4, 0.5) is 0 Å². The maximum absolute atomic E-state index is 13.1. The quantitative estimate of drug-likeness (QED) is 0.0222. The fourth-order valence-corrected chi connectivity index (χ4v) is 13.2. The van der Waals surface area contributed by atoms with Crippen LogP contribution < -0.4 is 0 Å². The molecule has 0 aliphatic rings. The normalized spacial score (nSPS) is 14.6. The molecule has 0 aromatic rings. The Balaban J connectivity index is 5.25. The minimum atomic E-state index is -4.96. The molecule has 0 spiro atoms. The Kier molecular flexibility index (Phi) is 66.5. The van der Waals surface area contributed by atoms with Gasteiger partial charge in [0.2, 0.25) is 0 Å². The predicted octanol–water partition coefficient (Wildman–Crippen LogP) is 22.3. The van der Waals surface area contributed by atoms with Gasteiger partial charge in [-0.3, -0.25) is 37.3 Å². The number of carbonyl (C=O) groups excluding carboxylic acids is 4. The average Bonchev–Trinajstić information content (AvgIpc) is 3.57. The Morgan fingerprint density at radius 1 is 0.295 bits per heavy atom. The minimum Gasteiger partial charge on any atom is -0.462 e. The Hall–Kier alpha value is -1.94. The topological polar surface area (TPSA) is 237 Å². The molecule has 7 atom stereocenters. The van der Waals surface area contributed by atoms with E-state index in [-0.39, 0.29) is 25.7 Å². The van der Waals surface area contributed by atoms with Crippen molar-refractivity contribution in [3.63, 3.8) is 0 Å². The largest absolute Gasteiger partial charge is 0.472 e. The van der Waals surface area contributed by atoms with Crippen molar-refractivity contribution in [3.8, 4) is 0 Å².